The molecule has 0 spiro atoms. The second-order valence-electron chi connectivity index (χ2n) is 0.0825. The maximum atomic E-state index is 3.06. The monoisotopic (exact) mass is 314 g/mol. The third-order valence-corrected chi connectivity index (χ3v) is 0. The molecular weight excluding hydrogens is 317 g/mol. The van der Waals surface area contributed by atoms with Crippen molar-refractivity contribution in [2.24, 2.45) is 0 Å². The molecule has 0 rings (SSSR count). The van der Waals surface area contributed by atoms with E-state index in [0.29, 0.717) is 0 Å². The molecule has 28 valence electrons. The summed E-state index contributed by atoms with van der Waals surface area (Å²) in [6.07, 6.45) is 0. The number of rotatable bonds is 0. The molecule has 0 atom stereocenters. The van der Waals surface area contributed by atoms with Gasteiger partial charge in [-0.2, -0.15) is 0 Å². The quantitative estimate of drug-likeness (QED) is 0.476. The Kier molecular flexibility index (Phi) is 33.6. The minimum absolute atomic E-state index is 1.19. The first-order valence-corrected chi connectivity index (χ1v) is 9.48. The van der Waals surface area contributed by atoms with Crippen LogP contribution in [-0.4, -0.2) is 0 Å². The molecule has 0 aliphatic heterocycles. The van der Waals surface area contributed by atoms with E-state index in [4.69, 9.17) is 0 Å². The van der Waals surface area contributed by atoms with Gasteiger partial charge in [-0.15, -0.1) is 0 Å². The van der Waals surface area contributed by atoms with Crippen LogP contribution in [0.15, 0.2) is 0 Å². The standard InChI is InChI=1S/CHBr2.BrH.Zn/c2-1-3;;/h1H;1H;/q-1;;+2/p-1. The average Bonchev–Trinajstić information content (AvgIpc) is 1.46. The van der Waals surface area contributed by atoms with Crippen molar-refractivity contribution < 1.29 is 16.3 Å². The molecule has 0 amide bonds. The maximum absolute atomic E-state index is 3.06. The third kappa shape index (κ3) is 23.5. The summed E-state index contributed by atoms with van der Waals surface area (Å²) in [5.41, 5.74) is 0. The van der Waals surface area contributed by atoms with Crippen molar-refractivity contribution >= 4 is 45.5 Å². The Morgan fingerprint density at radius 2 is 1.20 bits per heavy atom. The summed E-state index contributed by atoms with van der Waals surface area (Å²) in [6, 6.07) is 0. The second-order valence-corrected chi connectivity index (χ2v) is 2.23. The van der Waals surface area contributed by atoms with Gasteiger partial charge in [-0.3, -0.25) is 0 Å². The van der Waals surface area contributed by atoms with Gasteiger partial charge in [-0.25, -0.2) is 4.24 Å². The third-order valence-electron chi connectivity index (χ3n) is 0. The Morgan fingerprint density at radius 3 is 1.20 bits per heavy atom. The Hall–Kier alpha value is 2.06. The molecule has 5 heavy (non-hydrogen) atoms. The van der Waals surface area contributed by atoms with E-state index < -0.39 is 0 Å². The van der Waals surface area contributed by atoms with Gasteiger partial charge < -0.3 is 31.9 Å². The average molecular weight is 318 g/mol. The second kappa shape index (κ2) is 16.6. The Balaban J connectivity index is 0. The van der Waals surface area contributed by atoms with E-state index in [0.717, 1.165) is 0 Å². The predicted molar refractivity (Wildman–Crippen MR) is 31.1 cm³/mol. The van der Waals surface area contributed by atoms with Gasteiger partial charge in [-0.1, -0.05) is 0 Å². The zero-order valence-electron chi connectivity index (χ0n) is 2.42. The number of halogens is 3. The first-order chi connectivity index (χ1) is 2.41. The number of hydrogen-bond acceptors (Lipinski definition) is 0. The van der Waals surface area contributed by atoms with Crippen molar-refractivity contribution in [2.45, 2.75) is 0 Å². The molecule has 0 bridgehead atoms. The van der Waals surface area contributed by atoms with Crippen LogP contribution in [0.1, 0.15) is 0 Å². The van der Waals surface area contributed by atoms with Gasteiger partial charge in [0, 0.05) is 0 Å². The Labute approximate surface area is 65.4 Å². The fourth-order valence-electron chi connectivity index (χ4n) is 0. The van der Waals surface area contributed by atoms with Crippen LogP contribution in [0.5, 0.6) is 0 Å². The molecule has 0 aromatic carbocycles. The first kappa shape index (κ1) is 10.1. The van der Waals surface area contributed by atoms with E-state index in [1.54, 1.807) is 4.24 Å². The predicted octanol–water partition coefficient (Wildman–Crippen LogP) is 2.74. The van der Waals surface area contributed by atoms with Gasteiger partial charge in [0.25, 0.3) is 0 Å². The SMILES string of the molecule is Br[CH-]Br.[Zn+][Br]. The van der Waals surface area contributed by atoms with Crippen LogP contribution >= 0.6 is 45.5 Å². The van der Waals surface area contributed by atoms with Crippen molar-refractivity contribution in [1.29, 1.82) is 0 Å². The summed E-state index contributed by atoms with van der Waals surface area (Å²) in [5.74, 6) is 0. The van der Waals surface area contributed by atoms with E-state index in [-0.39, 0.29) is 0 Å². The van der Waals surface area contributed by atoms with Crippen molar-refractivity contribution in [3.05, 3.63) is 4.24 Å². The van der Waals surface area contributed by atoms with Crippen LogP contribution in [0.3, 0.4) is 0 Å². The molecule has 0 heterocycles. The molecule has 0 saturated carbocycles. The zero-order valence-corrected chi connectivity index (χ0v) is 10.1. The van der Waals surface area contributed by atoms with Crippen LogP contribution in [-0.2, 0) is 16.3 Å². The van der Waals surface area contributed by atoms with Gasteiger partial charge in [0.05, 0.1) is 0 Å². The summed E-state index contributed by atoms with van der Waals surface area (Å²) >= 11 is 10.1. The summed E-state index contributed by atoms with van der Waals surface area (Å²) in [5, 5.41) is 0. The first-order valence-electron chi connectivity index (χ1n) is 0.704. The molecule has 0 saturated heterocycles. The van der Waals surface area contributed by atoms with E-state index in [9.17, 15) is 0 Å². The van der Waals surface area contributed by atoms with Crippen molar-refractivity contribution in [3.8, 4) is 0 Å². The molecule has 4 heteroatoms. The van der Waals surface area contributed by atoms with Crippen LogP contribution < -0.4 is 0 Å². The minimum atomic E-state index is 1.19. The van der Waals surface area contributed by atoms with Crippen LogP contribution in [0.4, 0.5) is 0 Å². The topological polar surface area (TPSA) is 0 Å². The fourth-order valence-corrected chi connectivity index (χ4v) is 0. The van der Waals surface area contributed by atoms with Crippen molar-refractivity contribution in [3.63, 3.8) is 0 Å². The zero-order chi connectivity index (χ0) is 4.71. The Bertz CT molecular complexity index is 6.85. The molecular formula is CHBr3Zn. The van der Waals surface area contributed by atoms with Gasteiger partial charge in [0.15, 0.2) is 0 Å². The van der Waals surface area contributed by atoms with Crippen LogP contribution in [0.2, 0.25) is 0 Å². The van der Waals surface area contributed by atoms with Gasteiger partial charge in [-0.05, 0) is 0 Å². The summed E-state index contributed by atoms with van der Waals surface area (Å²) in [4.78, 5) is 0. The van der Waals surface area contributed by atoms with Gasteiger partial charge >= 0.3 is 30.0 Å². The number of hydrogen-bond donors (Lipinski definition) is 0. The van der Waals surface area contributed by atoms with Crippen molar-refractivity contribution in [1.82, 2.24) is 0 Å². The molecule has 0 nitrogen and oxygen atoms in total. The van der Waals surface area contributed by atoms with E-state index in [2.05, 4.69) is 45.5 Å². The van der Waals surface area contributed by atoms with Crippen LogP contribution in [0.25, 0.3) is 0 Å². The van der Waals surface area contributed by atoms with E-state index in [1.165, 1.54) is 16.3 Å². The molecule has 0 aliphatic rings. The van der Waals surface area contributed by atoms with E-state index >= 15 is 0 Å². The van der Waals surface area contributed by atoms with Crippen molar-refractivity contribution in [2.75, 3.05) is 0 Å². The summed E-state index contributed by atoms with van der Waals surface area (Å²) in [7, 11) is 0. The molecule has 0 aliphatic carbocycles. The fraction of sp³-hybridized carbons (Fsp3) is 0. The van der Waals surface area contributed by atoms with Crippen LogP contribution in [0, 0.1) is 4.24 Å². The molecule has 0 aromatic heterocycles. The normalized spacial score (nSPS) is 5.00. The molecule has 0 N–H and O–H groups in total. The summed E-state index contributed by atoms with van der Waals surface area (Å²) < 4.78 is 1.62. The molecule has 0 radical (unpaired) electrons. The Morgan fingerprint density at radius 1 is 1.20 bits per heavy atom. The van der Waals surface area contributed by atoms with Gasteiger partial charge in [0.1, 0.15) is 0 Å². The molecule has 0 aromatic rings. The summed E-state index contributed by atoms with van der Waals surface area (Å²) in [6.45, 7) is 0. The molecule has 0 fully saturated rings. The van der Waals surface area contributed by atoms with E-state index in [1.807, 2.05) is 0 Å². The molecule has 0 unspecified atom stereocenters. The van der Waals surface area contributed by atoms with Gasteiger partial charge in [0.2, 0.25) is 0 Å².